The molecule has 48 heavy (non-hydrogen) atoms. The first-order valence-electron chi connectivity index (χ1n) is 15.9. The Morgan fingerprint density at radius 3 is 1.79 bits per heavy atom. The molecule has 0 saturated carbocycles. The summed E-state index contributed by atoms with van der Waals surface area (Å²) in [7, 11) is 0. The van der Waals surface area contributed by atoms with Crippen LogP contribution in [0.1, 0.15) is 11.1 Å². The number of rotatable bonds is 4. The minimum atomic E-state index is 0.597. The summed E-state index contributed by atoms with van der Waals surface area (Å²) in [6.45, 7) is 0. The average Bonchev–Trinajstić information content (AvgIpc) is 3.68. The Hall–Kier alpha value is -6.88. The Balaban J connectivity index is 1.38. The lowest BCUT2D eigenvalue weighted by atomic mass is 9.91. The lowest BCUT2D eigenvalue weighted by Gasteiger charge is -2.16. The third-order valence-corrected chi connectivity index (χ3v) is 9.37. The molecule has 0 N–H and O–H groups in total. The quantitative estimate of drug-likeness (QED) is 0.199. The molecule has 0 aliphatic carbocycles. The third kappa shape index (κ3) is 4.07. The second-order valence-corrected chi connectivity index (χ2v) is 12.0. The van der Waals surface area contributed by atoms with Gasteiger partial charge in [-0.1, -0.05) is 97.1 Å². The van der Waals surface area contributed by atoms with Crippen molar-refractivity contribution in [3.05, 3.63) is 169 Å². The first-order valence-corrected chi connectivity index (χ1v) is 15.9. The van der Waals surface area contributed by atoms with Gasteiger partial charge in [-0.2, -0.15) is 10.5 Å². The van der Waals surface area contributed by atoms with Gasteiger partial charge in [0, 0.05) is 38.5 Å². The van der Waals surface area contributed by atoms with Crippen molar-refractivity contribution in [2.45, 2.75) is 0 Å². The van der Waals surface area contributed by atoms with Crippen molar-refractivity contribution in [1.82, 2.24) is 9.13 Å². The van der Waals surface area contributed by atoms with Crippen molar-refractivity contribution >= 4 is 43.6 Å². The Morgan fingerprint density at radius 1 is 0.375 bits per heavy atom. The normalized spacial score (nSPS) is 11.3. The van der Waals surface area contributed by atoms with Gasteiger partial charge in [-0.15, -0.1) is 0 Å². The minimum absolute atomic E-state index is 0.597. The van der Waals surface area contributed by atoms with Crippen molar-refractivity contribution in [2.75, 3.05) is 0 Å². The number of fused-ring (bicyclic) bond motifs is 6. The number of para-hydroxylation sites is 3. The molecule has 0 aliphatic heterocycles. The zero-order valence-corrected chi connectivity index (χ0v) is 25.8. The molecule has 2 aromatic heterocycles. The van der Waals surface area contributed by atoms with Gasteiger partial charge >= 0.3 is 0 Å². The third-order valence-electron chi connectivity index (χ3n) is 9.37. The van der Waals surface area contributed by atoms with Crippen LogP contribution in [0.5, 0.6) is 0 Å². The monoisotopic (exact) mass is 610 g/mol. The second kappa shape index (κ2) is 10.9. The predicted octanol–water partition coefficient (Wildman–Crippen LogP) is 11.0. The van der Waals surface area contributed by atoms with E-state index in [0.29, 0.717) is 11.1 Å². The molecule has 0 amide bonds. The standard InChI is InChI=1S/C44H26N4/c45-27-29-11-8-14-32(25-29)47-41-24-23-30(28-46)26-39(41)43-36(18-10-22-42(43)47)33-15-4-5-16-34(33)37-19-9-20-38-35-17-6-7-21-40(35)48(44(37)38)31-12-2-1-3-13-31/h1-26H. The molecule has 9 aromatic rings. The summed E-state index contributed by atoms with van der Waals surface area (Å²) in [4.78, 5) is 0. The largest absolute Gasteiger partial charge is 0.309 e. The van der Waals surface area contributed by atoms with E-state index >= 15 is 0 Å². The molecule has 9 rings (SSSR count). The highest BCUT2D eigenvalue weighted by Crippen LogP contribution is 2.45. The van der Waals surface area contributed by atoms with Crippen LogP contribution in [-0.4, -0.2) is 9.13 Å². The fraction of sp³-hybridized carbons (Fsp3) is 0. The summed E-state index contributed by atoms with van der Waals surface area (Å²) in [5.74, 6) is 0. The lowest BCUT2D eigenvalue weighted by Crippen LogP contribution is -1.96. The highest BCUT2D eigenvalue weighted by Gasteiger charge is 2.21. The molecular weight excluding hydrogens is 585 g/mol. The number of nitrogens with zero attached hydrogens (tertiary/aromatic N) is 4. The second-order valence-electron chi connectivity index (χ2n) is 12.0. The van der Waals surface area contributed by atoms with E-state index in [2.05, 4.69) is 137 Å². The summed E-state index contributed by atoms with van der Waals surface area (Å²) in [5, 5.41) is 24.1. The first-order chi connectivity index (χ1) is 23.7. The van der Waals surface area contributed by atoms with E-state index in [4.69, 9.17) is 0 Å². The van der Waals surface area contributed by atoms with Crippen LogP contribution in [-0.2, 0) is 0 Å². The number of nitriles is 2. The molecule has 0 bridgehead atoms. The fourth-order valence-electron chi connectivity index (χ4n) is 7.39. The maximum atomic E-state index is 9.93. The summed E-state index contributed by atoms with van der Waals surface area (Å²) >= 11 is 0. The van der Waals surface area contributed by atoms with Gasteiger partial charge in [-0.3, -0.25) is 0 Å². The summed E-state index contributed by atoms with van der Waals surface area (Å²) in [5.41, 5.74) is 12.0. The molecule has 0 spiro atoms. The van der Waals surface area contributed by atoms with Gasteiger partial charge in [-0.25, -0.2) is 0 Å². The Bertz CT molecular complexity index is 2800. The highest BCUT2D eigenvalue weighted by molar-refractivity contribution is 6.19. The SMILES string of the molecule is N#Cc1cccc(-n2c3ccc(C#N)cc3c3c(-c4ccccc4-c4cccc5c6ccccc6n(-c6ccccc6)c45)cccc32)c1. The molecule has 4 heteroatoms. The molecule has 0 atom stereocenters. The van der Waals surface area contributed by atoms with E-state index in [1.54, 1.807) is 0 Å². The molecule has 0 fully saturated rings. The summed E-state index contributed by atoms with van der Waals surface area (Å²) in [6.07, 6.45) is 0. The molecule has 0 radical (unpaired) electrons. The van der Waals surface area contributed by atoms with E-state index in [0.717, 1.165) is 66.5 Å². The van der Waals surface area contributed by atoms with Crippen molar-refractivity contribution in [3.8, 4) is 45.8 Å². The van der Waals surface area contributed by atoms with Crippen molar-refractivity contribution < 1.29 is 0 Å². The smallest absolute Gasteiger partial charge is 0.0992 e. The molecule has 2 heterocycles. The highest BCUT2D eigenvalue weighted by atomic mass is 15.0. The van der Waals surface area contributed by atoms with Crippen LogP contribution in [0.3, 0.4) is 0 Å². The molecule has 222 valence electrons. The van der Waals surface area contributed by atoms with Crippen LogP contribution in [0.2, 0.25) is 0 Å². The maximum absolute atomic E-state index is 9.93. The summed E-state index contributed by atoms with van der Waals surface area (Å²) in [6, 6.07) is 59.0. The van der Waals surface area contributed by atoms with Gasteiger partial charge in [-0.05, 0) is 77.4 Å². The average molecular weight is 611 g/mol. The van der Waals surface area contributed by atoms with Gasteiger partial charge in [0.2, 0.25) is 0 Å². The molecule has 0 aliphatic rings. The molecule has 4 nitrogen and oxygen atoms in total. The topological polar surface area (TPSA) is 57.4 Å². The van der Waals surface area contributed by atoms with Gasteiger partial charge in [0.15, 0.2) is 0 Å². The Kier molecular flexibility index (Phi) is 6.22. The van der Waals surface area contributed by atoms with Crippen LogP contribution in [0.4, 0.5) is 0 Å². The van der Waals surface area contributed by atoms with Gasteiger partial charge in [0.05, 0.1) is 45.3 Å². The van der Waals surface area contributed by atoms with Crippen LogP contribution in [0.15, 0.2) is 158 Å². The van der Waals surface area contributed by atoms with E-state index in [1.807, 2.05) is 42.5 Å². The lowest BCUT2D eigenvalue weighted by molar-refractivity contribution is 1.18. The zero-order valence-electron chi connectivity index (χ0n) is 25.8. The number of benzene rings is 7. The summed E-state index contributed by atoms with van der Waals surface area (Å²) < 4.78 is 4.58. The van der Waals surface area contributed by atoms with Crippen molar-refractivity contribution in [3.63, 3.8) is 0 Å². The molecule has 7 aromatic carbocycles. The maximum Gasteiger partial charge on any atom is 0.0992 e. The van der Waals surface area contributed by atoms with Crippen LogP contribution >= 0.6 is 0 Å². The minimum Gasteiger partial charge on any atom is -0.309 e. The van der Waals surface area contributed by atoms with E-state index < -0.39 is 0 Å². The number of hydrogen-bond donors (Lipinski definition) is 0. The molecule has 0 saturated heterocycles. The molecule has 0 unspecified atom stereocenters. The van der Waals surface area contributed by atoms with Gasteiger partial charge in [0.25, 0.3) is 0 Å². The van der Waals surface area contributed by atoms with Crippen molar-refractivity contribution in [2.24, 2.45) is 0 Å². The molecular formula is C44H26N4. The predicted molar refractivity (Wildman–Crippen MR) is 195 cm³/mol. The van der Waals surface area contributed by atoms with Crippen LogP contribution < -0.4 is 0 Å². The fourth-order valence-corrected chi connectivity index (χ4v) is 7.39. The van der Waals surface area contributed by atoms with Crippen LogP contribution in [0.25, 0.3) is 77.2 Å². The van der Waals surface area contributed by atoms with Gasteiger partial charge < -0.3 is 9.13 Å². The Morgan fingerprint density at radius 2 is 0.958 bits per heavy atom. The van der Waals surface area contributed by atoms with Crippen molar-refractivity contribution in [1.29, 1.82) is 10.5 Å². The zero-order chi connectivity index (χ0) is 32.2. The Labute approximate surface area is 277 Å². The van der Waals surface area contributed by atoms with E-state index in [9.17, 15) is 10.5 Å². The van der Waals surface area contributed by atoms with E-state index in [1.165, 1.54) is 10.8 Å². The number of hydrogen-bond acceptors (Lipinski definition) is 2. The van der Waals surface area contributed by atoms with E-state index in [-0.39, 0.29) is 0 Å². The first kappa shape index (κ1) is 27.4. The van der Waals surface area contributed by atoms with Gasteiger partial charge in [0.1, 0.15) is 0 Å². The number of aromatic nitrogens is 2. The van der Waals surface area contributed by atoms with Crippen LogP contribution in [0, 0.1) is 22.7 Å².